The molecule has 0 aliphatic carbocycles. The van der Waals surface area contributed by atoms with Gasteiger partial charge in [0.1, 0.15) is 0 Å². The highest BCUT2D eigenvalue weighted by Gasteiger charge is 2.31. The molecule has 2 rings (SSSR count). The van der Waals surface area contributed by atoms with Gasteiger partial charge in [0.15, 0.2) is 0 Å². The van der Waals surface area contributed by atoms with Gasteiger partial charge in [0.25, 0.3) is 0 Å². The van der Waals surface area contributed by atoms with Gasteiger partial charge in [0.05, 0.1) is 0 Å². The van der Waals surface area contributed by atoms with Crippen molar-refractivity contribution in [2.75, 3.05) is 13.1 Å². The van der Waals surface area contributed by atoms with Crippen molar-refractivity contribution in [3.63, 3.8) is 0 Å². The van der Waals surface area contributed by atoms with Crippen LogP contribution in [0.4, 0.5) is 4.79 Å². The zero-order chi connectivity index (χ0) is 10.9. The fourth-order valence-electron chi connectivity index (χ4n) is 1.73. The minimum Gasteiger partial charge on any atom is -0.337 e. The van der Waals surface area contributed by atoms with Crippen LogP contribution in [-0.2, 0) is 5.41 Å². The van der Waals surface area contributed by atoms with Gasteiger partial charge in [-0.15, -0.1) is 0 Å². The van der Waals surface area contributed by atoms with Crippen molar-refractivity contribution >= 4 is 17.6 Å². The third kappa shape index (κ3) is 2.07. The van der Waals surface area contributed by atoms with Crippen LogP contribution in [0, 0.1) is 0 Å². The lowest BCUT2D eigenvalue weighted by Gasteiger charge is -2.34. The molecule has 1 aromatic carbocycles. The zero-order valence-corrected chi connectivity index (χ0v) is 9.27. The van der Waals surface area contributed by atoms with E-state index in [0.717, 1.165) is 5.02 Å². The fraction of sp³-hybridized carbons (Fsp3) is 0.364. The van der Waals surface area contributed by atoms with Gasteiger partial charge in [-0.25, -0.2) is 4.79 Å². The molecule has 0 unspecified atom stereocenters. The average Bonchev–Trinajstić information content (AvgIpc) is 2.24. The second-order valence-electron chi connectivity index (χ2n) is 4.10. The molecule has 2 N–H and O–H groups in total. The third-order valence-corrected chi connectivity index (χ3v) is 3.07. The highest BCUT2D eigenvalue weighted by atomic mass is 35.5. The van der Waals surface area contributed by atoms with E-state index in [0.29, 0.717) is 13.1 Å². The van der Waals surface area contributed by atoms with Crippen LogP contribution in [0.15, 0.2) is 24.3 Å². The molecular formula is C11H13ClN2O. The number of amides is 2. The van der Waals surface area contributed by atoms with E-state index in [1.54, 1.807) is 0 Å². The Hall–Kier alpha value is -1.22. The standard InChI is InChI=1S/C11H13ClN2O/c1-11(6-13-10(15)14-7-11)8-2-4-9(12)5-3-8/h2-5H,6-7H2,1H3,(H2,13,14,15). The van der Waals surface area contributed by atoms with E-state index in [4.69, 9.17) is 11.6 Å². The molecule has 3 nitrogen and oxygen atoms in total. The predicted molar refractivity (Wildman–Crippen MR) is 60.2 cm³/mol. The largest absolute Gasteiger partial charge is 0.337 e. The van der Waals surface area contributed by atoms with E-state index in [9.17, 15) is 4.79 Å². The maximum Gasteiger partial charge on any atom is 0.314 e. The summed E-state index contributed by atoms with van der Waals surface area (Å²) >= 11 is 5.83. The summed E-state index contributed by atoms with van der Waals surface area (Å²) in [6, 6.07) is 7.65. The second-order valence-corrected chi connectivity index (χ2v) is 4.54. The number of carbonyl (C=O) groups excluding carboxylic acids is 1. The summed E-state index contributed by atoms with van der Waals surface area (Å²) < 4.78 is 0. The van der Waals surface area contributed by atoms with E-state index in [1.165, 1.54) is 5.56 Å². The van der Waals surface area contributed by atoms with Gasteiger partial charge in [-0.05, 0) is 17.7 Å². The number of rotatable bonds is 1. The lowest BCUT2D eigenvalue weighted by atomic mass is 9.81. The van der Waals surface area contributed by atoms with Crippen molar-refractivity contribution in [2.45, 2.75) is 12.3 Å². The summed E-state index contributed by atoms with van der Waals surface area (Å²) in [5.41, 5.74) is 1.12. The maximum absolute atomic E-state index is 11.0. The van der Waals surface area contributed by atoms with E-state index in [1.807, 2.05) is 24.3 Å². The SMILES string of the molecule is CC1(c2ccc(Cl)cc2)CNC(=O)NC1. The van der Waals surface area contributed by atoms with Crippen molar-refractivity contribution < 1.29 is 4.79 Å². The summed E-state index contributed by atoms with van der Waals surface area (Å²) in [5, 5.41) is 6.34. The van der Waals surface area contributed by atoms with Gasteiger partial charge in [0, 0.05) is 23.5 Å². The highest BCUT2D eigenvalue weighted by molar-refractivity contribution is 6.30. The molecule has 0 bridgehead atoms. The first kappa shape index (κ1) is 10.3. The van der Waals surface area contributed by atoms with Crippen LogP contribution in [-0.4, -0.2) is 19.1 Å². The van der Waals surface area contributed by atoms with Crippen LogP contribution >= 0.6 is 11.6 Å². The third-order valence-electron chi connectivity index (χ3n) is 2.82. The minimum atomic E-state index is -0.0959. The number of carbonyl (C=O) groups is 1. The lowest BCUT2D eigenvalue weighted by Crippen LogP contribution is -2.55. The van der Waals surface area contributed by atoms with Crippen LogP contribution < -0.4 is 10.6 Å². The molecule has 1 saturated heterocycles. The first-order valence-electron chi connectivity index (χ1n) is 4.88. The number of hydrogen-bond acceptors (Lipinski definition) is 1. The molecular weight excluding hydrogens is 212 g/mol. The van der Waals surface area contributed by atoms with Crippen molar-refractivity contribution in [1.82, 2.24) is 10.6 Å². The Morgan fingerprint density at radius 3 is 2.27 bits per heavy atom. The second kappa shape index (κ2) is 3.74. The molecule has 1 aromatic rings. The average molecular weight is 225 g/mol. The van der Waals surface area contributed by atoms with Crippen molar-refractivity contribution in [3.05, 3.63) is 34.9 Å². The molecule has 80 valence electrons. The first-order chi connectivity index (χ1) is 7.10. The number of urea groups is 1. The van der Waals surface area contributed by atoms with Crippen molar-refractivity contribution in [2.24, 2.45) is 0 Å². The molecule has 15 heavy (non-hydrogen) atoms. The first-order valence-corrected chi connectivity index (χ1v) is 5.26. The molecule has 1 heterocycles. The molecule has 1 aliphatic heterocycles. The molecule has 0 atom stereocenters. The predicted octanol–water partition coefficient (Wildman–Crippen LogP) is 1.91. The van der Waals surface area contributed by atoms with Crippen molar-refractivity contribution in [3.8, 4) is 0 Å². The number of benzene rings is 1. The van der Waals surface area contributed by atoms with Crippen LogP contribution in [0.2, 0.25) is 5.02 Å². The Kier molecular flexibility index (Phi) is 2.57. The molecule has 1 fully saturated rings. The summed E-state index contributed by atoms with van der Waals surface area (Å²) in [6.45, 7) is 3.42. The van der Waals surface area contributed by atoms with Gasteiger partial charge in [0.2, 0.25) is 0 Å². The summed E-state index contributed by atoms with van der Waals surface area (Å²) in [7, 11) is 0. The summed E-state index contributed by atoms with van der Waals surface area (Å²) in [4.78, 5) is 11.0. The molecule has 0 spiro atoms. The molecule has 0 aromatic heterocycles. The smallest absolute Gasteiger partial charge is 0.314 e. The minimum absolute atomic E-state index is 0.0570. The Balaban J connectivity index is 2.22. The Labute approximate surface area is 93.8 Å². The Morgan fingerprint density at radius 1 is 1.20 bits per heavy atom. The topological polar surface area (TPSA) is 41.1 Å². The zero-order valence-electron chi connectivity index (χ0n) is 8.51. The van der Waals surface area contributed by atoms with Crippen molar-refractivity contribution in [1.29, 1.82) is 0 Å². The lowest BCUT2D eigenvalue weighted by molar-refractivity contribution is 0.225. The summed E-state index contributed by atoms with van der Waals surface area (Å²) in [6.07, 6.45) is 0. The number of halogens is 1. The van der Waals surface area contributed by atoms with Crippen LogP contribution in [0.1, 0.15) is 12.5 Å². The Bertz CT molecular complexity index is 365. The van der Waals surface area contributed by atoms with Gasteiger partial charge in [-0.2, -0.15) is 0 Å². The molecule has 1 aliphatic rings. The van der Waals surface area contributed by atoms with E-state index >= 15 is 0 Å². The summed E-state index contributed by atoms with van der Waals surface area (Å²) in [5.74, 6) is 0. The van der Waals surface area contributed by atoms with E-state index in [-0.39, 0.29) is 11.4 Å². The van der Waals surface area contributed by atoms with E-state index < -0.39 is 0 Å². The molecule has 2 amide bonds. The maximum atomic E-state index is 11.0. The van der Waals surface area contributed by atoms with Gasteiger partial charge in [-0.1, -0.05) is 30.7 Å². The monoisotopic (exact) mass is 224 g/mol. The van der Waals surface area contributed by atoms with Crippen LogP contribution in [0.25, 0.3) is 0 Å². The van der Waals surface area contributed by atoms with Gasteiger partial charge in [-0.3, -0.25) is 0 Å². The number of nitrogens with one attached hydrogen (secondary N) is 2. The molecule has 0 saturated carbocycles. The molecule has 4 heteroatoms. The normalized spacial score (nSPS) is 19.2. The van der Waals surface area contributed by atoms with E-state index in [2.05, 4.69) is 17.6 Å². The highest BCUT2D eigenvalue weighted by Crippen LogP contribution is 2.25. The Morgan fingerprint density at radius 2 is 1.73 bits per heavy atom. The van der Waals surface area contributed by atoms with Crippen LogP contribution in [0.3, 0.4) is 0 Å². The quantitative estimate of drug-likeness (QED) is 0.752. The van der Waals surface area contributed by atoms with Crippen LogP contribution in [0.5, 0.6) is 0 Å². The van der Waals surface area contributed by atoms with Gasteiger partial charge >= 0.3 is 6.03 Å². The molecule has 0 radical (unpaired) electrons. The van der Waals surface area contributed by atoms with Gasteiger partial charge < -0.3 is 10.6 Å². The number of hydrogen-bond donors (Lipinski definition) is 2. The fourth-order valence-corrected chi connectivity index (χ4v) is 1.86.